The van der Waals surface area contributed by atoms with E-state index in [9.17, 15) is 19.8 Å². The van der Waals surface area contributed by atoms with Gasteiger partial charge in [0.25, 0.3) is 5.91 Å². The molecule has 1 amide bonds. The molecule has 2 aromatic heterocycles. The van der Waals surface area contributed by atoms with Gasteiger partial charge >= 0.3 is 5.97 Å². The molecular weight excluding hydrogens is 330 g/mol. The Hall–Kier alpha value is -2.85. The van der Waals surface area contributed by atoms with E-state index in [0.29, 0.717) is 11.5 Å². The molecule has 2 atom stereocenters. The molecule has 1 aliphatic heterocycles. The highest BCUT2D eigenvalue weighted by Crippen LogP contribution is 2.33. The molecule has 0 spiro atoms. The van der Waals surface area contributed by atoms with E-state index in [0.717, 1.165) is 6.92 Å². The molecule has 132 valence electrons. The monoisotopic (exact) mass is 347 g/mol. The van der Waals surface area contributed by atoms with E-state index >= 15 is 0 Å². The number of carbonyl (C=O) groups excluding carboxylic acids is 1. The van der Waals surface area contributed by atoms with Gasteiger partial charge in [0, 0.05) is 12.3 Å². The van der Waals surface area contributed by atoms with Crippen LogP contribution in [0.5, 0.6) is 0 Å². The summed E-state index contributed by atoms with van der Waals surface area (Å²) in [5.41, 5.74) is -3.67. The summed E-state index contributed by atoms with van der Waals surface area (Å²) in [6.07, 6.45) is 4.66. The third-order valence-corrected chi connectivity index (χ3v) is 4.39. The molecule has 0 radical (unpaired) electrons. The second-order valence-electron chi connectivity index (χ2n) is 5.94. The predicted molar refractivity (Wildman–Crippen MR) is 84.1 cm³/mol. The third kappa shape index (κ3) is 2.65. The average molecular weight is 347 g/mol. The highest BCUT2D eigenvalue weighted by molar-refractivity contribution is 6.03. The van der Waals surface area contributed by atoms with Crippen LogP contribution in [0.25, 0.3) is 5.69 Å². The minimum Gasteiger partial charge on any atom is -0.479 e. The third-order valence-electron chi connectivity index (χ3n) is 4.39. The van der Waals surface area contributed by atoms with Crippen molar-refractivity contribution in [1.29, 1.82) is 0 Å². The minimum absolute atomic E-state index is 0.0648. The van der Waals surface area contributed by atoms with Crippen molar-refractivity contribution in [1.82, 2.24) is 20.0 Å². The summed E-state index contributed by atoms with van der Waals surface area (Å²) in [6, 6.07) is 3.31. The quantitative estimate of drug-likeness (QED) is 0.765. The van der Waals surface area contributed by atoms with Crippen LogP contribution in [0.1, 0.15) is 13.8 Å². The predicted octanol–water partition coefficient (Wildman–Crippen LogP) is -0.380. The standard InChI is InChI=1S/C15H17N5O5/c1-14(24,13(22)23)15(2)12(21)19(7-8-25-15)11-4-6-20(18-11)10-3-5-16-17-9-10/h3-6,9,24H,7-8H2,1-2H3,(H,22,23)/t14-,15-/m0/s1. The van der Waals surface area contributed by atoms with E-state index < -0.39 is 23.1 Å². The molecule has 3 rings (SSSR count). The zero-order valence-electron chi connectivity index (χ0n) is 13.7. The lowest BCUT2D eigenvalue weighted by atomic mass is 9.83. The van der Waals surface area contributed by atoms with Crippen molar-refractivity contribution < 1.29 is 24.5 Å². The summed E-state index contributed by atoms with van der Waals surface area (Å²) in [5, 5.41) is 31.3. The second kappa shape index (κ2) is 5.90. The van der Waals surface area contributed by atoms with Crippen molar-refractivity contribution in [3.05, 3.63) is 30.7 Å². The number of anilines is 1. The lowest BCUT2D eigenvalue weighted by Crippen LogP contribution is -2.68. The molecular formula is C15H17N5O5. The molecule has 0 aliphatic carbocycles. The molecule has 1 saturated heterocycles. The molecule has 1 fully saturated rings. The molecule has 2 N–H and O–H groups in total. The number of aliphatic hydroxyl groups is 1. The van der Waals surface area contributed by atoms with Crippen molar-refractivity contribution in [2.75, 3.05) is 18.1 Å². The van der Waals surface area contributed by atoms with Crippen LogP contribution >= 0.6 is 0 Å². The van der Waals surface area contributed by atoms with Gasteiger partial charge in [0.2, 0.25) is 0 Å². The van der Waals surface area contributed by atoms with Crippen LogP contribution in [-0.2, 0) is 14.3 Å². The molecule has 0 unspecified atom stereocenters. The summed E-state index contributed by atoms with van der Waals surface area (Å²) < 4.78 is 6.89. The first-order chi connectivity index (χ1) is 11.8. The number of carboxylic acid groups (broad SMARTS) is 1. The van der Waals surface area contributed by atoms with Crippen molar-refractivity contribution >= 4 is 17.7 Å². The molecule has 10 nitrogen and oxygen atoms in total. The highest BCUT2D eigenvalue weighted by atomic mass is 16.5. The number of carboxylic acids is 1. The first-order valence-electron chi connectivity index (χ1n) is 7.52. The smallest absolute Gasteiger partial charge is 0.339 e. The Balaban J connectivity index is 1.92. The van der Waals surface area contributed by atoms with Crippen LogP contribution in [0, 0.1) is 0 Å². The van der Waals surface area contributed by atoms with Crippen LogP contribution in [0.3, 0.4) is 0 Å². The minimum atomic E-state index is -2.39. The summed E-state index contributed by atoms with van der Waals surface area (Å²) in [6.45, 7) is 2.56. The topological polar surface area (TPSA) is 131 Å². The number of aliphatic carboxylic acids is 1. The Morgan fingerprint density at radius 1 is 1.40 bits per heavy atom. The van der Waals surface area contributed by atoms with Crippen LogP contribution < -0.4 is 4.90 Å². The fourth-order valence-corrected chi connectivity index (χ4v) is 2.55. The number of hydrogen-bond donors (Lipinski definition) is 2. The Labute approximate surface area is 142 Å². The van der Waals surface area contributed by atoms with Crippen molar-refractivity contribution in [2.45, 2.75) is 25.0 Å². The largest absolute Gasteiger partial charge is 0.479 e. The van der Waals surface area contributed by atoms with Crippen molar-refractivity contribution in [3.8, 4) is 5.69 Å². The number of carbonyl (C=O) groups is 2. The maximum atomic E-state index is 12.9. The van der Waals surface area contributed by atoms with E-state index in [-0.39, 0.29) is 13.2 Å². The zero-order valence-corrected chi connectivity index (χ0v) is 13.7. The molecule has 2 aromatic rings. The molecule has 0 saturated carbocycles. The summed E-state index contributed by atoms with van der Waals surface area (Å²) in [5.74, 6) is -1.90. The van der Waals surface area contributed by atoms with Crippen LogP contribution in [0.15, 0.2) is 30.7 Å². The normalized spacial score (nSPS) is 23.3. The highest BCUT2D eigenvalue weighted by Gasteiger charge is 2.59. The van der Waals surface area contributed by atoms with Gasteiger partial charge in [-0.1, -0.05) is 0 Å². The maximum Gasteiger partial charge on any atom is 0.339 e. The van der Waals surface area contributed by atoms with Crippen LogP contribution in [0.4, 0.5) is 5.82 Å². The Bertz CT molecular complexity index is 806. The van der Waals surface area contributed by atoms with Gasteiger partial charge in [-0.3, -0.25) is 9.69 Å². The van der Waals surface area contributed by atoms with Crippen LogP contribution in [0.2, 0.25) is 0 Å². The number of rotatable bonds is 4. The number of morpholine rings is 1. The van der Waals surface area contributed by atoms with Crippen molar-refractivity contribution in [3.63, 3.8) is 0 Å². The number of amides is 1. The number of aromatic nitrogens is 4. The van der Waals surface area contributed by atoms with E-state index in [2.05, 4.69) is 15.3 Å². The van der Waals surface area contributed by atoms with Gasteiger partial charge in [-0.05, 0) is 19.9 Å². The summed E-state index contributed by atoms with van der Waals surface area (Å²) >= 11 is 0. The number of ether oxygens (including phenoxy) is 1. The van der Waals surface area contributed by atoms with Gasteiger partial charge in [0.15, 0.2) is 17.0 Å². The molecule has 10 heteroatoms. The fraction of sp³-hybridized carbons (Fsp3) is 0.400. The number of hydrogen-bond acceptors (Lipinski definition) is 7. The maximum absolute atomic E-state index is 12.9. The molecule has 0 bridgehead atoms. The van der Waals surface area contributed by atoms with Gasteiger partial charge in [0.05, 0.1) is 31.2 Å². The van der Waals surface area contributed by atoms with E-state index in [4.69, 9.17) is 4.74 Å². The average Bonchev–Trinajstić information content (AvgIpc) is 3.07. The van der Waals surface area contributed by atoms with E-state index in [1.54, 1.807) is 18.3 Å². The number of nitrogens with zero attached hydrogens (tertiary/aromatic N) is 5. The van der Waals surface area contributed by atoms with Gasteiger partial charge in [0.1, 0.15) is 0 Å². The van der Waals surface area contributed by atoms with Gasteiger partial charge in [-0.25, -0.2) is 9.48 Å². The molecule has 3 heterocycles. The fourth-order valence-electron chi connectivity index (χ4n) is 2.55. The lowest BCUT2D eigenvalue weighted by Gasteiger charge is -2.44. The Kier molecular flexibility index (Phi) is 4.01. The molecule has 0 aromatic carbocycles. The summed E-state index contributed by atoms with van der Waals surface area (Å²) in [7, 11) is 0. The Morgan fingerprint density at radius 2 is 2.16 bits per heavy atom. The van der Waals surface area contributed by atoms with Crippen LogP contribution in [-0.4, -0.2) is 66.4 Å². The summed E-state index contributed by atoms with van der Waals surface area (Å²) in [4.78, 5) is 25.5. The Morgan fingerprint density at radius 3 is 2.80 bits per heavy atom. The zero-order chi connectivity index (χ0) is 18.2. The van der Waals surface area contributed by atoms with Gasteiger partial charge < -0.3 is 14.9 Å². The SMILES string of the molecule is C[C@](O)(C(=O)O)[C@@]1(C)OCCN(c2ccn(-c3ccnnc3)n2)C1=O. The second-order valence-corrected chi connectivity index (χ2v) is 5.94. The first kappa shape index (κ1) is 17.0. The lowest BCUT2D eigenvalue weighted by molar-refractivity contribution is -0.203. The van der Waals surface area contributed by atoms with E-state index in [1.165, 1.54) is 28.9 Å². The van der Waals surface area contributed by atoms with Crippen molar-refractivity contribution in [2.24, 2.45) is 0 Å². The first-order valence-corrected chi connectivity index (χ1v) is 7.52. The molecule has 1 aliphatic rings. The van der Waals surface area contributed by atoms with Gasteiger partial charge in [-0.15, -0.1) is 5.10 Å². The molecule has 25 heavy (non-hydrogen) atoms. The van der Waals surface area contributed by atoms with E-state index in [1.807, 2.05) is 0 Å². The van der Waals surface area contributed by atoms with Gasteiger partial charge in [-0.2, -0.15) is 10.2 Å².